The first-order valence-corrected chi connectivity index (χ1v) is 18.3. The molecule has 1 amide bonds. The number of ether oxygens (including phenoxy) is 2. The fraction of sp³-hybridized carbons (Fsp3) is 0.405. The first-order valence-electron chi connectivity index (χ1n) is 17.1. The molecule has 2 N–H and O–H groups in total. The molecule has 0 saturated carbocycles. The number of fused-ring (bicyclic) bond motifs is 3. The van der Waals surface area contributed by atoms with Crippen LogP contribution in [0.3, 0.4) is 0 Å². The van der Waals surface area contributed by atoms with Crippen molar-refractivity contribution in [3.05, 3.63) is 88.7 Å². The van der Waals surface area contributed by atoms with Crippen LogP contribution in [0.5, 0.6) is 11.5 Å². The van der Waals surface area contributed by atoms with Crippen LogP contribution in [0.2, 0.25) is 0 Å². The lowest BCUT2D eigenvalue weighted by Gasteiger charge is -2.37. The minimum Gasteiger partial charge on any atom is -0.497 e. The molecule has 5 aromatic rings. The molecule has 1 saturated heterocycles. The van der Waals surface area contributed by atoms with Gasteiger partial charge in [-0.2, -0.15) is 17.7 Å². The van der Waals surface area contributed by atoms with Crippen molar-refractivity contribution in [3.63, 3.8) is 0 Å². The lowest BCUT2D eigenvalue weighted by molar-refractivity contribution is -0.152. The molecule has 3 aromatic carbocycles. The van der Waals surface area contributed by atoms with Crippen LogP contribution in [0.1, 0.15) is 79.8 Å². The Bertz CT molecular complexity index is 2210. The number of nitrogens with zero attached hydrogens (tertiary/aromatic N) is 5. The Hall–Kier alpha value is -4.90. The second kappa shape index (κ2) is 15.1. The predicted octanol–water partition coefficient (Wildman–Crippen LogP) is 7.25. The SMILES string of the molecule is COc1ccc(CNc2nc3c(F)cc(F)cc3c3nc([C@@H]4CC[C@H](C)N(C(=O)c5ccc([C@H](N[S@@](=O)C(C)(C)C)C(F)(F)F)cc5)C4)nn23)c(OC)c1. The maximum atomic E-state index is 15.1. The van der Waals surface area contributed by atoms with Crippen molar-refractivity contribution < 1.29 is 40.4 Å². The first-order chi connectivity index (χ1) is 25.5. The van der Waals surface area contributed by atoms with Gasteiger partial charge < -0.3 is 19.7 Å². The molecule has 0 bridgehead atoms. The normalized spacial score (nSPS) is 17.8. The van der Waals surface area contributed by atoms with E-state index in [2.05, 4.69) is 15.0 Å². The van der Waals surface area contributed by atoms with Gasteiger partial charge in [-0.1, -0.05) is 12.1 Å². The molecule has 288 valence electrons. The van der Waals surface area contributed by atoms with Gasteiger partial charge in [0.2, 0.25) is 5.95 Å². The summed E-state index contributed by atoms with van der Waals surface area (Å²) >= 11 is 0. The van der Waals surface area contributed by atoms with Crippen LogP contribution in [0.4, 0.5) is 27.9 Å². The highest BCUT2D eigenvalue weighted by molar-refractivity contribution is 7.84. The summed E-state index contributed by atoms with van der Waals surface area (Å²) < 4.78 is 97.7. The summed E-state index contributed by atoms with van der Waals surface area (Å²) in [6.45, 7) is 6.94. The van der Waals surface area contributed by atoms with Crippen LogP contribution in [-0.4, -0.2) is 72.3 Å². The molecule has 0 unspecified atom stereocenters. The number of amides is 1. The van der Waals surface area contributed by atoms with Crippen molar-refractivity contribution in [2.24, 2.45) is 0 Å². The average molecular weight is 774 g/mol. The second-order valence-electron chi connectivity index (χ2n) is 14.1. The summed E-state index contributed by atoms with van der Waals surface area (Å²) in [7, 11) is 1.06. The van der Waals surface area contributed by atoms with Gasteiger partial charge in [-0.15, -0.1) is 5.10 Å². The number of aromatic nitrogens is 4. The summed E-state index contributed by atoms with van der Waals surface area (Å²) in [5, 5.41) is 8.00. The van der Waals surface area contributed by atoms with E-state index < -0.39 is 51.4 Å². The third-order valence-electron chi connectivity index (χ3n) is 9.35. The lowest BCUT2D eigenvalue weighted by Crippen LogP contribution is -2.45. The third kappa shape index (κ3) is 7.97. The summed E-state index contributed by atoms with van der Waals surface area (Å²) in [5.74, 6) is -0.892. The number of carbonyl (C=O) groups is 1. The van der Waals surface area contributed by atoms with Crippen molar-refractivity contribution in [1.82, 2.24) is 29.2 Å². The van der Waals surface area contributed by atoms with E-state index in [1.807, 2.05) is 6.92 Å². The topological polar surface area (TPSA) is 123 Å². The number of benzene rings is 3. The highest BCUT2D eigenvalue weighted by atomic mass is 32.2. The highest BCUT2D eigenvalue weighted by Gasteiger charge is 2.43. The zero-order chi connectivity index (χ0) is 39.1. The lowest BCUT2D eigenvalue weighted by atomic mass is 9.92. The zero-order valence-electron chi connectivity index (χ0n) is 30.4. The monoisotopic (exact) mass is 773 g/mol. The van der Waals surface area contributed by atoms with Crippen LogP contribution in [-0.2, 0) is 17.5 Å². The average Bonchev–Trinajstić information content (AvgIpc) is 3.58. The van der Waals surface area contributed by atoms with Crippen LogP contribution in [0.15, 0.2) is 54.6 Å². The minimum absolute atomic E-state index is 0.106. The van der Waals surface area contributed by atoms with E-state index in [9.17, 15) is 26.6 Å². The number of halogens is 5. The van der Waals surface area contributed by atoms with Gasteiger partial charge in [0.1, 0.15) is 28.9 Å². The number of piperidine rings is 1. The van der Waals surface area contributed by atoms with Gasteiger partial charge in [0, 0.05) is 48.3 Å². The van der Waals surface area contributed by atoms with Gasteiger partial charge in [-0.25, -0.2) is 27.7 Å². The first kappa shape index (κ1) is 38.8. The molecule has 3 heterocycles. The van der Waals surface area contributed by atoms with Crippen LogP contribution >= 0.6 is 0 Å². The van der Waals surface area contributed by atoms with Crippen molar-refractivity contribution in [2.45, 2.75) is 76.0 Å². The van der Waals surface area contributed by atoms with E-state index in [0.29, 0.717) is 30.2 Å². The molecule has 11 nitrogen and oxygen atoms in total. The van der Waals surface area contributed by atoms with Gasteiger partial charge in [0.15, 0.2) is 17.3 Å². The second-order valence-corrected chi connectivity index (χ2v) is 16.1. The Morgan fingerprint density at radius 2 is 1.72 bits per heavy atom. The van der Waals surface area contributed by atoms with E-state index in [1.165, 1.54) is 43.0 Å². The van der Waals surface area contributed by atoms with E-state index in [-0.39, 0.29) is 52.8 Å². The van der Waals surface area contributed by atoms with Crippen LogP contribution < -0.4 is 19.5 Å². The third-order valence-corrected chi connectivity index (χ3v) is 10.9. The number of likely N-dealkylation sites (tertiary alicyclic amines) is 1. The highest BCUT2D eigenvalue weighted by Crippen LogP contribution is 2.36. The molecule has 6 rings (SSSR count). The number of methoxy groups -OCH3 is 2. The number of hydrogen-bond acceptors (Lipinski definition) is 8. The van der Waals surface area contributed by atoms with Gasteiger partial charge in [0.05, 0.1) is 35.3 Å². The fourth-order valence-electron chi connectivity index (χ4n) is 6.31. The molecule has 0 spiro atoms. The van der Waals surface area contributed by atoms with Gasteiger partial charge in [0.25, 0.3) is 5.91 Å². The number of anilines is 1. The number of alkyl halides is 3. The molecular weight excluding hydrogens is 734 g/mol. The molecule has 17 heteroatoms. The summed E-state index contributed by atoms with van der Waals surface area (Å²) in [5.41, 5.74) is 0.774. The minimum atomic E-state index is -4.74. The molecule has 0 radical (unpaired) electrons. The Morgan fingerprint density at radius 3 is 2.37 bits per heavy atom. The number of nitrogens with one attached hydrogen (secondary N) is 2. The molecule has 4 atom stereocenters. The van der Waals surface area contributed by atoms with Crippen molar-refractivity contribution >= 4 is 39.4 Å². The van der Waals surface area contributed by atoms with Gasteiger partial charge >= 0.3 is 6.18 Å². The van der Waals surface area contributed by atoms with E-state index in [0.717, 1.165) is 17.7 Å². The smallest absolute Gasteiger partial charge is 0.408 e. The number of rotatable bonds is 10. The molecule has 0 aliphatic carbocycles. The van der Waals surface area contributed by atoms with Crippen molar-refractivity contribution in [3.8, 4) is 11.5 Å². The Kier molecular flexibility index (Phi) is 10.8. The quantitative estimate of drug-likeness (QED) is 0.143. The fourth-order valence-corrected chi connectivity index (χ4v) is 7.14. The molecule has 1 fully saturated rings. The van der Waals surface area contributed by atoms with Crippen LogP contribution in [0, 0.1) is 11.6 Å². The Morgan fingerprint density at radius 1 is 1.00 bits per heavy atom. The number of hydrogen-bond donors (Lipinski definition) is 2. The zero-order valence-corrected chi connectivity index (χ0v) is 31.2. The Labute approximate surface area is 310 Å². The molecule has 1 aliphatic heterocycles. The number of carbonyl (C=O) groups excluding carboxylic acids is 1. The van der Waals surface area contributed by atoms with E-state index in [1.54, 1.807) is 43.9 Å². The van der Waals surface area contributed by atoms with Crippen LogP contribution in [0.25, 0.3) is 16.6 Å². The Balaban J connectivity index is 1.29. The summed E-state index contributed by atoms with van der Waals surface area (Å²) in [6.07, 6.45) is -3.59. The standard InChI is InChI=1S/C37H40F5N7O4S/c1-20-7-8-24(19-48(20)34(50)22-11-9-21(10-12-22)31(37(40,41)42)47-54(51)36(2,3)4)32-45-33-27-15-25(38)16-28(39)30(27)44-35(49(33)46-32)43-18-23-13-14-26(52-5)17-29(23)53-6/h9-17,20,24,31,47H,7-8,18-19H2,1-6H3,(H,43,44)/t20-,24+,31-,54-/m0/s1. The maximum absolute atomic E-state index is 15.1. The summed E-state index contributed by atoms with van der Waals surface area (Å²) in [4.78, 5) is 24.6. The molecule has 1 aliphatic rings. The molecule has 2 aromatic heterocycles. The molecular formula is C37H40F5N7O4S. The van der Waals surface area contributed by atoms with Gasteiger partial charge in [-0.3, -0.25) is 4.79 Å². The maximum Gasteiger partial charge on any atom is 0.408 e. The molecule has 54 heavy (non-hydrogen) atoms. The van der Waals surface area contributed by atoms with E-state index in [4.69, 9.17) is 19.6 Å². The van der Waals surface area contributed by atoms with E-state index >= 15 is 4.39 Å². The predicted molar refractivity (Wildman–Crippen MR) is 194 cm³/mol. The largest absolute Gasteiger partial charge is 0.497 e. The van der Waals surface area contributed by atoms with Crippen molar-refractivity contribution in [2.75, 3.05) is 26.1 Å². The van der Waals surface area contributed by atoms with Gasteiger partial charge in [-0.05, 0) is 76.4 Å². The summed E-state index contributed by atoms with van der Waals surface area (Å²) in [6, 6.07) is 9.81. The van der Waals surface area contributed by atoms with Crippen molar-refractivity contribution in [1.29, 1.82) is 0 Å².